The van der Waals surface area contributed by atoms with Crippen molar-refractivity contribution in [3.63, 3.8) is 0 Å². The standard InChI is InChI=1S/C19H18N2O6/c1-11-15-7-3-12(2-4-13-5-6-14(10-20-13)21(25)26)8-17(15)27-19(24)16(11)9-18(22)23/h3,5-8,10-11,16H,2,4,9H2,1H3,(H,22,23). The number of fused-ring (bicyclic) bond motifs is 1. The summed E-state index contributed by atoms with van der Waals surface area (Å²) in [6.07, 6.45) is 2.19. The molecule has 27 heavy (non-hydrogen) atoms. The molecule has 0 saturated heterocycles. The van der Waals surface area contributed by atoms with E-state index in [-0.39, 0.29) is 18.0 Å². The maximum atomic E-state index is 12.1. The molecular formula is C19H18N2O6. The van der Waals surface area contributed by atoms with Gasteiger partial charge in [-0.1, -0.05) is 19.1 Å². The number of esters is 1. The summed E-state index contributed by atoms with van der Waals surface area (Å²) < 4.78 is 5.36. The van der Waals surface area contributed by atoms with Crippen LogP contribution in [-0.2, 0) is 22.4 Å². The molecule has 1 aliphatic rings. The predicted molar refractivity (Wildman–Crippen MR) is 94.5 cm³/mol. The summed E-state index contributed by atoms with van der Waals surface area (Å²) in [5.41, 5.74) is 2.43. The van der Waals surface area contributed by atoms with Crippen molar-refractivity contribution in [3.8, 4) is 5.75 Å². The number of aryl methyl sites for hydroxylation is 2. The number of hydrogen-bond donors (Lipinski definition) is 1. The number of rotatable bonds is 6. The van der Waals surface area contributed by atoms with Crippen molar-refractivity contribution >= 4 is 17.6 Å². The van der Waals surface area contributed by atoms with Crippen LogP contribution in [0.4, 0.5) is 5.69 Å². The van der Waals surface area contributed by atoms with Crippen LogP contribution in [-0.4, -0.2) is 27.0 Å². The van der Waals surface area contributed by atoms with Crippen LogP contribution in [0.3, 0.4) is 0 Å². The van der Waals surface area contributed by atoms with Crippen molar-refractivity contribution in [3.05, 3.63) is 63.5 Å². The Morgan fingerprint density at radius 3 is 2.70 bits per heavy atom. The van der Waals surface area contributed by atoms with Crippen LogP contribution in [0.2, 0.25) is 0 Å². The molecule has 2 heterocycles. The number of hydrogen-bond acceptors (Lipinski definition) is 6. The van der Waals surface area contributed by atoms with Crippen molar-refractivity contribution in [1.29, 1.82) is 0 Å². The first kappa shape index (κ1) is 18.5. The number of ether oxygens (including phenoxy) is 1. The monoisotopic (exact) mass is 370 g/mol. The van der Waals surface area contributed by atoms with Crippen LogP contribution in [0.1, 0.15) is 36.1 Å². The van der Waals surface area contributed by atoms with Crippen molar-refractivity contribution < 1.29 is 24.4 Å². The van der Waals surface area contributed by atoms with E-state index >= 15 is 0 Å². The zero-order valence-corrected chi connectivity index (χ0v) is 14.6. The molecule has 0 amide bonds. The molecule has 3 rings (SSSR count). The van der Waals surface area contributed by atoms with E-state index in [0.717, 1.165) is 16.8 Å². The average molecular weight is 370 g/mol. The number of aliphatic carboxylic acids is 1. The van der Waals surface area contributed by atoms with Gasteiger partial charge in [-0.15, -0.1) is 0 Å². The van der Waals surface area contributed by atoms with E-state index in [1.54, 1.807) is 12.1 Å². The smallest absolute Gasteiger partial charge is 0.315 e. The lowest BCUT2D eigenvalue weighted by Crippen LogP contribution is -2.32. The van der Waals surface area contributed by atoms with Gasteiger partial charge in [0.1, 0.15) is 11.9 Å². The molecule has 1 aromatic heterocycles. The number of carbonyl (C=O) groups excluding carboxylic acids is 1. The molecular weight excluding hydrogens is 352 g/mol. The molecule has 2 aromatic rings. The van der Waals surface area contributed by atoms with Crippen LogP contribution in [0.5, 0.6) is 5.75 Å². The first-order chi connectivity index (χ1) is 12.8. The van der Waals surface area contributed by atoms with E-state index in [4.69, 9.17) is 9.84 Å². The minimum absolute atomic E-state index is 0.0515. The summed E-state index contributed by atoms with van der Waals surface area (Å²) in [4.78, 5) is 37.3. The normalized spacial score (nSPS) is 18.5. The number of carbonyl (C=O) groups is 2. The van der Waals surface area contributed by atoms with Crippen LogP contribution >= 0.6 is 0 Å². The Bertz CT molecular complexity index is 894. The molecule has 0 saturated carbocycles. The summed E-state index contributed by atoms with van der Waals surface area (Å²) in [5.74, 6) is -2.01. The third kappa shape index (κ3) is 4.11. The summed E-state index contributed by atoms with van der Waals surface area (Å²) in [6, 6.07) is 8.60. The third-order valence-electron chi connectivity index (χ3n) is 4.77. The van der Waals surface area contributed by atoms with Crippen LogP contribution < -0.4 is 4.74 Å². The number of nitro groups is 1. The molecule has 2 atom stereocenters. The van der Waals surface area contributed by atoms with Gasteiger partial charge in [0, 0.05) is 11.8 Å². The largest absolute Gasteiger partial charge is 0.481 e. The highest BCUT2D eigenvalue weighted by Gasteiger charge is 2.36. The summed E-state index contributed by atoms with van der Waals surface area (Å²) in [6.45, 7) is 1.83. The van der Waals surface area contributed by atoms with E-state index in [2.05, 4.69) is 4.98 Å². The zero-order chi connectivity index (χ0) is 19.6. The molecule has 8 nitrogen and oxygen atoms in total. The molecule has 140 valence electrons. The highest BCUT2D eigenvalue weighted by atomic mass is 16.6. The SMILES string of the molecule is CC1c2ccc(CCc3ccc([N+](=O)[O-])cn3)cc2OC(=O)C1CC(=O)O. The van der Waals surface area contributed by atoms with Gasteiger partial charge in [0.05, 0.1) is 17.3 Å². The van der Waals surface area contributed by atoms with Gasteiger partial charge in [-0.05, 0) is 42.0 Å². The Hall–Kier alpha value is -3.29. The van der Waals surface area contributed by atoms with Crippen molar-refractivity contribution in [2.24, 2.45) is 5.92 Å². The van der Waals surface area contributed by atoms with Gasteiger partial charge < -0.3 is 9.84 Å². The van der Waals surface area contributed by atoms with E-state index < -0.39 is 22.8 Å². The Labute approximate surface area is 155 Å². The predicted octanol–water partition coefficient (Wildman–Crippen LogP) is 2.89. The second kappa shape index (κ2) is 7.53. The molecule has 0 radical (unpaired) electrons. The van der Waals surface area contributed by atoms with Gasteiger partial charge in [0.15, 0.2) is 0 Å². The fraction of sp³-hybridized carbons (Fsp3) is 0.316. The third-order valence-corrected chi connectivity index (χ3v) is 4.77. The first-order valence-corrected chi connectivity index (χ1v) is 8.50. The van der Waals surface area contributed by atoms with Crippen LogP contribution in [0, 0.1) is 16.0 Å². The second-order valence-electron chi connectivity index (χ2n) is 6.55. The number of carboxylic acids is 1. The number of pyridine rings is 1. The molecule has 8 heteroatoms. The Morgan fingerprint density at radius 2 is 2.07 bits per heavy atom. The lowest BCUT2D eigenvalue weighted by Gasteiger charge is -2.28. The highest BCUT2D eigenvalue weighted by molar-refractivity contribution is 5.83. The quantitative estimate of drug-likeness (QED) is 0.359. The first-order valence-electron chi connectivity index (χ1n) is 8.50. The molecule has 1 N–H and O–H groups in total. The van der Waals surface area contributed by atoms with E-state index in [1.165, 1.54) is 12.3 Å². The summed E-state index contributed by atoms with van der Waals surface area (Å²) >= 11 is 0. The molecule has 2 unspecified atom stereocenters. The molecule has 0 bridgehead atoms. The lowest BCUT2D eigenvalue weighted by molar-refractivity contribution is -0.385. The Morgan fingerprint density at radius 1 is 1.30 bits per heavy atom. The van der Waals surface area contributed by atoms with Crippen LogP contribution in [0.15, 0.2) is 36.5 Å². The minimum atomic E-state index is -1.03. The fourth-order valence-electron chi connectivity index (χ4n) is 3.20. The van der Waals surface area contributed by atoms with Crippen molar-refractivity contribution in [2.45, 2.75) is 32.1 Å². The molecule has 0 spiro atoms. The molecule has 0 fully saturated rings. The maximum Gasteiger partial charge on any atom is 0.315 e. The highest BCUT2D eigenvalue weighted by Crippen LogP contribution is 2.39. The molecule has 1 aliphatic heterocycles. The van der Waals surface area contributed by atoms with Crippen LogP contribution in [0.25, 0.3) is 0 Å². The summed E-state index contributed by atoms with van der Waals surface area (Å²) in [7, 11) is 0. The van der Waals surface area contributed by atoms with Gasteiger partial charge in [-0.3, -0.25) is 24.7 Å². The molecule has 0 aliphatic carbocycles. The van der Waals surface area contributed by atoms with Crippen molar-refractivity contribution in [1.82, 2.24) is 4.98 Å². The fourth-order valence-corrected chi connectivity index (χ4v) is 3.20. The number of carboxylic acid groups (broad SMARTS) is 1. The van der Waals surface area contributed by atoms with Gasteiger partial charge in [-0.25, -0.2) is 0 Å². The number of nitrogens with zero attached hydrogens (tertiary/aromatic N) is 2. The Kier molecular flexibility index (Phi) is 5.16. The van der Waals surface area contributed by atoms with Crippen molar-refractivity contribution in [2.75, 3.05) is 0 Å². The molecule has 1 aromatic carbocycles. The average Bonchev–Trinajstić information content (AvgIpc) is 2.63. The van der Waals surface area contributed by atoms with E-state index in [0.29, 0.717) is 18.6 Å². The van der Waals surface area contributed by atoms with Gasteiger partial charge >= 0.3 is 11.9 Å². The van der Waals surface area contributed by atoms with Gasteiger partial charge in [0.25, 0.3) is 5.69 Å². The number of aromatic nitrogens is 1. The minimum Gasteiger partial charge on any atom is -0.481 e. The van der Waals surface area contributed by atoms with E-state index in [9.17, 15) is 19.7 Å². The van der Waals surface area contributed by atoms with Gasteiger partial charge in [0.2, 0.25) is 0 Å². The maximum absolute atomic E-state index is 12.1. The summed E-state index contributed by atoms with van der Waals surface area (Å²) in [5, 5.41) is 19.6. The zero-order valence-electron chi connectivity index (χ0n) is 14.6. The topological polar surface area (TPSA) is 120 Å². The second-order valence-corrected chi connectivity index (χ2v) is 6.55. The number of benzene rings is 1. The van der Waals surface area contributed by atoms with Gasteiger partial charge in [-0.2, -0.15) is 0 Å². The Balaban J connectivity index is 1.71. The van der Waals surface area contributed by atoms with E-state index in [1.807, 2.05) is 19.1 Å². The lowest BCUT2D eigenvalue weighted by atomic mass is 9.82.